The summed E-state index contributed by atoms with van der Waals surface area (Å²) in [5.41, 5.74) is 1.77. The van der Waals surface area contributed by atoms with Crippen molar-refractivity contribution in [2.75, 3.05) is 26.3 Å². The summed E-state index contributed by atoms with van der Waals surface area (Å²) in [6.07, 6.45) is 1.28. The van der Waals surface area contributed by atoms with Gasteiger partial charge in [0.1, 0.15) is 24.5 Å². The number of ether oxygens (including phenoxy) is 2. The Hall–Kier alpha value is -2.83. The fraction of sp³-hybridized carbons (Fsp3) is 0.450. The molecule has 0 aliphatic carbocycles. The number of nitrogens with zero attached hydrogens (tertiary/aromatic N) is 2. The molecule has 7 heteroatoms. The quantitative estimate of drug-likeness (QED) is 0.773. The summed E-state index contributed by atoms with van der Waals surface area (Å²) in [4.78, 5) is 27.4. The molecule has 0 saturated carbocycles. The minimum Gasteiger partial charge on any atom is -0.486 e. The van der Waals surface area contributed by atoms with Crippen LogP contribution in [0.15, 0.2) is 22.7 Å². The first-order chi connectivity index (χ1) is 13.0. The Morgan fingerprint density at radius 2 is 1.78 bits per heavy atom. The first-order valence-corrected chi connectivity index (χ1v) is 9.20. The number of Topliss-reactive ketones (excluding diaryl/α,β-unsaturated/α-hetero) is 1. The van der Waals surface area contributed by atoms with Crippen molar-refractivity contribution in [2.24, 2.45) is 5.92 Å². The fourth-order valence-corrected chi connectivity index (χ4v) is 3.72. The molecule has 1 saturated heterocycles. The van der Waals surface area contributed by atoms with E-state index in [1.165, 1.54) is 0 Å². The van der Waals surface area contributed by atoms with Gasteiger partial charge in [0.25, 0.3) is 5.91 Å². The number of fused-ring (bicyclic) bond motifs is 1. The largest absolute Gasteiger partial charge is 0.486 e. The van der Waals surface area contributed by atoms with Crippen LogP contribution in [0.2, 0.25) is 0 Å². The molecule has 1 aromatic carbocycles. The predicted molar refractivity (Wildman–Crippen MR) is 96.4 cm³/mol. The number of rotatable bonds is 3. The van der Waals surface area contributed by atoms with Crippen molar-refractivity contribution in [1.29, 1.82) is 0 Å². The van der Waals surface area contributed by atoms with Crippen LogP contribution in [0.25, 0.3) is 0 Å². The zero-order valence-corrected chi connectivity index (χ0v) is 15.5. The van der Waals surface area contributed by atoms with Crippen LogP contribution in [-0.4, -0.2) is 48.1 Å². The molecular formula is C20H22N2O5. The second-order valence-electron chi connectivity index (χ2n) is 6.99. The molecule has 1 aromatic heterocycles. The van der Waals surface area contributed by atoms with E-state index in [4.69, 9.17) is 14.0 Å². The molecule has 0 radical (unpaired) electrons. The number of aromatic nitrogens is 1. The predicted octanol–water partition coefficient (Wildman–Crippen LogP) is 2.80. The maximum Gasteiger partial charge on any atom is 0.259 e. The van der Waals surface area contributed by atoms with Crippen molar-refractivity contribution in [3.05, 3.63) is 40.8 Å². The lowest BCUT2D eigenvalue weighted by molar-refractivity contribution is 0.0648. The third kappa shape index (κ3) is 3.29. The highest BCUT2D eigenvalue weighted by Crippen LogP contribution is 2.32. The van der Waals surface area contributed by atoms with Crippen LogP contribution in [0, 0.1) is 19.8 Å². The Balaban J connectivity index is 1.42. The molecule has 2 aliphatic heterocycles. The lowest BCUT2D eigenvalue weighted by Crippen LogP contribution is -2.40. The molecule has 0 spiro atoms. The molecule has 2 aliphatic rings. The molecule has 0 atom stereocenters. The van der Waals surface area contributed by atoms with E-state index < -0.39 is 0 Å². The van der Waals surface area contributed by atoms with Crippen molar-refractivity contribution in [3.63, 3.8) is 0 Å². The monoisotopic (exact) mass is 370 g/mol. The van der Waals surface area contributed by atoms with E-state index in [0.717, 1.165) is 0 Å². The molecule has 0 N–H and O–H groups in total. The average molecular weight is 370 g/mol. The van der Waals surface area contributed by atoms with Gasteiger partial charge in [-0.3, -0.25) is 9.59 Å². The zero-order chi connectivity index (χ0) is 19.0. The highest BCUT2D eigenvalue weighted by atomic mass is 16.6. The van der Waals surface area contributed by atoms with E-state index in [9.17, 15) is 9.59 Å². The summed E-state index contributed by atoms with van der Waals surface area (Å²) in [5, 5.41) is 3.85. The van der Waals surface area contributed by atoms with Gasteiger partial charge in [-0.15, -0.1) is 0 Å². The Morgan fingerprint density at radius 1 is 1.07 bits per heavy atom. The van der Waals surface area contributed by atoms with Crippen molar-refractivity contribution in [2.45, 2.75) is 26.7 Å². The minimum absolute atomic E-state index is 0.0727. The van der Waals surface area contributed by atoms with E-state index in [-0.39, 0.29) is 17.6 Å². The van der Waals surface area contributed by atoms with E-state index in [1.807, 2.05) is 0 Å². The fourth-order valence-electron chi connectivity index (χ4n) is 3.72. The summed E-state index contributed by atoms with van der Waals surface area (Å²) >= 11 is 0. The highest BCUT2D eigenvalue weighted by Gasteiger charge is 2.31. The van der Waals surface area contributed by atoms with Crippen LogP contribution in [0.3, 0.4) is 0 Å². The van der Waals surface area contributed by atoms with Gasteiger partial charge < -0.3 is 18.9 Å². The number of ketones is 1. The summed E-state index contributed by atoms with van der Waals surface area (Å²) in [5.74, 6) is 1.76. The van der Waals surface area contributed by atoms with Crippen molar-refractivity contribution in [3.8, 4) is 11.5 Å². The molecule has 0 unspecified atom stereocenters. The maximum atomic E-state index is 12.9. The van der Waals surface area contributed by atoms with Crippen molar-refractivity contribution in [1.82, 2.24) is 10.1 Å². The van der Waals surface area contributed by atoms with E-state index in [2.05, 4.69) is 5.16 Å². The second kappa shape index (κ2) is 7.06. The lowest BCUT2D eigenvalue weighted by atomic mass is 9.88. The summed E-state index contributed by atoms with van der Waals surface area (Å²) in [6, 6.07) is 5.34. The van der Waals surface area contributed by atoms with Crippen molar-refractivity contribution >= 4 is 11.7 Å². The molecule has 142 valence electrons. The number of hydrogen-bond acceptors (Lipinski definition) is 6. The third-order valence-corrected chi connectivity index (χ3v) is 5.23. The highest BCUT2D eigenvalue weighted by molar-refractivity contribution is 5.99. The molecule has 1 fully saturated rings. The van der Waals surface area contributed by atoms with Gasteiger partial charge in [0.05, 0.1) is 5.69 Å². The van der Waals surface area contributed by atoms with Gasteiger partial charge in [0.15, 0.2) is 17.3 Å². The normalized spacial score (nSPS) is 17.0. The average Bonchev–Trinajstić information content (AvgIpc) is 3.04. The Kier molecular flexibility index (Phi) is 4.59. The van der Waals surface area contributed by atoms with Crippen LogP contribution >= 0.6 is 0 Å². The van der Waals surface area contributed by atoms with Crippen LogP contribution in [0.5, 0.6) is 11.5 Å². The molecule has 4 rings (SSSR count). The summed E-state index contributed by atoms with van der Waals surface area (Å²) in [7, 11) is 0. The van der Waals surface area contributed by atoms with Gasteiger partial charge in [0.2, 0.25) is 0 Å². The zero-order valence-electron chi connectivity index (χ0n) is 15.5. The summed E-state index contributed by atoms with van der Waals surface area (Å²) < 4.78 is 16.2. The van der Waals surface area contributed by atoms with Gasteiger partial charge >= 0.3 is 0 Å². The molecule has 3 heterocycles. The number of aryl methyl sites for hydroxylation is 2. The number of benzene rings is 1. The Labute approximate surface area is 157 Å². The number of likely N-dealkylation sites (tertiary alicyclic amines) is 1. The van der Waals surface area contributed by atoms with Gasteiger partial charge in [-0.25, -0.2) is 0 Å². The van der Waals surface area contributed by atoms with Crippen LogP contribution in [0.1, 0.15) is 45.0 Å². The molecule has 7 nitrogen and oxygen atoms in total. The summed E-state index contributed by atoms with van der Waals surface area (Å²) in [6.45, 7) is 5.62. The number of carbonyl (C=O) groups is 2. The smallest absolute Gasteiger partial charge is 0.259 e. The number of hydrogen-bond donors (Lipinski definition) is 0. The molecule has 0 bridgehead atoms. The lowest BCUT2D eigenvalue weighted by Gasteiger charge is -2.31. The van der Waals surface area contributed by atoms with E-state index in [1.54, 1.807) is 36.9 Å². The number of piperidine rings is 1. The van der Waals surface area contributed by atoms with Crippen LogP contribution in [-0.2, 0) is 0 Å². The third-order valence-electron chi connectivity index (χ3n) is 5.23. The second-order valence-corrected chi connectivity index (χ2v) is 6.99. The number of carbonyl (C=O) groups excluding carboxylic acids is 2. The molecule has 1 amide bonds. The van der Waals surface area contributed by atoms with E-state index >= 15 is 0 Å². The first kappa shape index (κ1) is 17.6. The Morgan fingerprint density at radius 3 is 2.44 bits per heavy atom. The topological polar surface area (TPSA) is 81.9 Å². The molecule has 2 aromatic rings. The Bertz CT molecular complexity index is 861. The SMILES string of the molecule is Cc1noc(C)c1C(=O)N1CCC(C(=O)c2ccc3c(c2)OCCO3)CC1. The maximum absolute atomic E-state index is 12.9. The van der Waals surface area contributed by atoms with E-state index in [0.29, 0.717) is 73.2 Å². The standard InChI is InChI=1S/C20H22N2O5/c1-12-18(13(2)27-21-12)20(24)22-7-5-14(6-8-22)19(23)15-3-4-16-17(11-15)26-10-9-25-16/h3-4,11,14H,5-10H2,1-2H3. The first-order valence-electron chi connectivity index (χ1n) is 9.20. The van der Waals surface area contributed by atoms with Gasteiger partial charge in [-0.05, 0) is 44.9 Å². The van der Waals surface area contributed by atoms with Crippen LogP contribution in [0.4, 0.5) is 0 Å². The molecular weight excluding hydrogens is 348 g/mol. The van der Waals surface area contributed by atoms with Gasteiger partial charge in [-0.2, -0.15) is 0 Å². The van der Waals surface area contributed by atoms with Gasteiger partial charge in [0, 0.05) is 24.6 Å². The van der Waals surface area contributed by atoms with Crippen LogP contribution < -0.4 is 9.47 Å². The minimum atomic E-state index is -0.0960. The number of amides is 1. The van der Waals surface area contributed by atoms with Crippen molar-refractivity contribution < 1.29 is 23.6 Å². The van der Waals surface area contributed by atoms with Gasteiger partial charge in [-0.1, -0.05) is 5.16 Å². The molecule has 27 heavy (non-hydrogen) atoms.